The van der Waals surface area contributed by atoms with E-state index in [1.165, 1.54) is 6.07 Å². The van der Waals surface area contributed by atoms with Gasteiger partial charge in [-0.1, -0.05) is 17.3 Å². The maximum atomic E-state index is 12.4. The summed E-state index contributed by atoms with van der Waals surface area (Å²) in [4.78, 5) is 23.4. The summed E-state index contributed by atoms with van der Waals surface area (Å²) in [5.41, 5.74) is 2.63. The summed E-state index contributed by atoms with van der Waals surface area (Å²) in [6.45, 7) is 1.62. The second-order valence-electron chi connectivity index (χ2n) is 5.36. The van der Waals surface area contributed by atoms with Crippen molar-refractivity contribution in [3.63, 3.8) is 0 Å². The lowest BCUT2D eigenvalue weighted by molar-refractivity contribution is -0.255. The van der Waals surface area contributed by atoms with Crippen molar-refractivity contribution in [2.45, 2.75) is 32.6 Å². The Bertz CT molecular complexity index is 749. The van der Waals surface area contributed by atoms with Crippen molar-refractivity contribution >= 4 is 17.6 Å². The Morgan fingerprint density at radius 3 is 2.82 bits per heavy atom. The van der Waals surface area contributed by atoms with E-state index in [0.29, 0.717) is 11.3 Å². The van der Waals surface area contributed by atoms with Gasteiger partial charge in [-0.15, -0.1) is 0 Å². The van der Waals surface area contributed by atoms with Crippen LogP contribution < -0.4 is 10.4 Å². The molecule has 1 aromatic heterocycles. The number of nitrogens with one attached hydrogen (secondary N) is 1. The quantitative estimate of drug-likeness (QED) is 0.926. The van der Waals surface area contributed by atoms with E-state index in [-0.39, 0.29) is 11.3 Å². The van der Waals surface area contributed by atoms with Crippen molar-refractivity contribution in [1.82, 2.24) is 5.16 Å². The number of fused-ring (bicyclic) bond motifs is 1. The van der Waals surface area contributed by atoms with Crippen molar-refractivity contribution in [2.75, 3.05) is 5.32 Å². The third-order valence-electron chi connectivity index (χ3n) is 3.97. The monoisotopic (exact) mass is 299 g/mol. The van der Waals surface area contributed by atoms with Gasteiger partial charge in [0.05, 0.1) is 11.7 Å². The molecule has 1 aliphatic carbocycles. The molecule has 1 heterocycles. The first-order chi connectivity index (χ1) is 10.6. The van der Waals surface area contributed by atoms with Gasteiger partial charge in [0, 0.05) is 16.8 Å². The number of hydrogen-bond acceptors (Lipinski definition) is 5. The normalized spacial score (nSPS) is 13.5. The minimum atomic E-state index is -1.27. The predicted molar refractivity (Wildman–Crippen MR) is 76.6 cm³/mol. The van der Waals surface area contributed by atoms with E-state index in [1.54, 1.807) is 19.1 Å². The topological polar surface area (TPSA) is 95.3 Å². The molecule has 0 spiro atoms. The van der Waals surface area contributed by atoms with Gasteiger partial charge in [0.15, 0.2) is 0 Å². The average Bonchev–Trinajstić information content (AvgIpc) is 2.93. The summed E-state index contributed by atoms with van der Waals surface area (Å²) in [5, 5.41) is 17.7. The summed E-state index contributed by atoms with van der Waals surface area (Å²) >= 11 is 0. The number of benzene rings is 1. The fourth-order valence-corrected chi connectivity index (χ4v) is 2.74. The third-order valence-corrected chi connectivity index (χ3v) is 3.97. The minimum Gasteiger partial charge on any atom is -0.545 e. The van der Waals surface area contributed by atoms with E-state index in [0.717, 1.165) is 36.9 Å². The molecule has 6 nitrogen and oxygen atoms in total. The molecule has 0 saturated heterocycles. The molecule has 1 N–H and O–H groups in total. The minimum absolute atomic E-state index is 0.0531. The van der Waals surface area contributed by atoms with Crippen LogP contribution in [0, 0.1) is 6.92 Å². The van der Waals surface area contributed by atoms with Gasteiger partial charge in [0.2, 0.25) is 5.76 Å². The first-order valence-electron chi connectivity index (χ1n) is 7.17. The van der Waals surface area contributed by atoms with Crippen LogP contribution in [-0.4, -0.2) is 17.0 Å². The fourth-order valence-electron chi connectivity index (χ4n) is 2.74. The molecule has 22 heavy (non-hydrogen) atoms. The molecule has 0 unspecified atom stereocenters. The van der Waals surface area contributed by atoms with E-state index in [2.05, 4.69) is 10.5 Å². The number of anilines is 1. The van der Waals surface area contributed by atoms with Crippen LogP contribution in [-0.2, 0) is 12.8 Å². The second kappa shape index (κ2) is 5.63. The maximum Gasteiger partial charge on any atom is 0.294 e. The van der Waals surface area contributed by atoms with E-state index >= 15 is 0 Å². The summed E-state index contributed by atoms with van der Waals surface area (Å²) in [5.74, 6) is -1.46. The summed E-state index contributed by atoms with van der Waals surface area (Å²) in [6.07, 6.45) is 3.66. The van der Waals surface area contributed by atoms with Crippen molar-refractivity contribution in [1.29, 1.82) is 0 Å². The molecule has 6 heteroatoms. The smallest absolute Gasteiger partial charge is 0.294 e. The van der Waals surface area contributed by atoms with Gasteiger partial charge in [-0.3, -0.25) is 4.79 Å². The molecule has 2 aromatic rings. The Morgan fingerprint density at radius 1 is 1.27 bits per heavy atom. The average molecular weight is 299 g/mol. The van der Waals surface area contributed by atoms with Crippen LogP contribution in [0.15, 0.2) is 22.7 Å². The zero-order valence-corrected chi connectivity index (χ0v) is 12.1. The molecular weight excluding hydrogens is 284 g/mol. The highest BCUT2D eigenvalue weighted by Crippen LogP contribution is 2.25. The van der Waals surface area contributed by atoms with Crippen LogP contribution in [0.1, 0.15) is 50.6 Å². The Labute approximate surface area is 127 Å². The van der Waals surface area contributed by atoms with Gasteiger partial charge in [0.25, 0.3) is 5.91 Å². The lowest BCUT2D eigenvalue weighted by Crippen LogP contribution is -2.24. The number of carbonyl (C=O) groups excluding carboxylic acids is 2. The van der Waals surface area contributed by atoms with Crippen molar-refractivity contribution < 1.29 is 19.2 Å². The summed E-state index contributed by atoms with van der Waals surface area (Å²) in [6, 6.07) is 4.64. The van der Waals surface area contributed by atoms with Gasteiger partial charge in [-0.05, 0) is 44.2 Å². The Morgan fingerprint density at radius 2 is 2.05 bits per heavy atom. The number of nitrogens with zero attached hydrogens (tertiary/aromatic N) is 1. The highest BCUT2D eigenvalue weighted by Gasteiger charge is 2.24. The zero-order valence-electron chi connectivity index (χ0n) is 12.1. The number of aryl methyl sites for hydroxylation is 1. The van der Waals surface area contributed by atoms with E-state index in [1.807, 2.05) is 0 Å². The molecule has 0 atom stereocenters. The van der Waals surface area contributed by atoms with Crippen LogP contribution in [0.3, 0.4) is 0 Å². The van der Waals surface area contributed by atoms with Crippen LogP contribution in [0.2, 0.25) is 0 Å². The summed E-state index contributed by atoms with van der Waals surface area (Å²) in [7, 11) is 0. The number of carboxylic acids is 1. The van der Waals surface area contributed by atoms with Crippen molar-refractivity contribution in [2.24, 2.45) is 0 Å². The van der Waals surface area contributed by atoms with E-state index < -0.39 is 11.9 Å². The fraction of sp³-hybridized carbons (Fsp3) is 0.312. The number of rotatable bonds is 3. The molecule has 0 aliphatic heterocycles. The molecule has 0 bridgehead atoms. The number of carboxylic acid groups (broad SMARTS) is 1. The van der Waals surface area contributed by atoms with Gasteiger partial charge in [-0.25, -0.2) is 0 Å². The number of aromatic carboxylic acids is 1. The molecule has 1 amide bonds. The predicted octanol–water partition coefficient (Wildman–Crippen LogP) is 1.48. The van der Waals surface area contributed by atoms with Crippen LogP contribution >= 0.6 is 0 Å². The lowest BCUT2D eigenvalue weighted by atomic mass is 9.96. The molecule has 1 aliphatic rings. The SMILES string of the molecule is Cc1c(NC(=O)c2onc3c2CCCC3)cccc1C(=O)[O-]. The van der Waals surface area contributed by atoms with E-state index in [9.17, 15) is 14.7 Å². The third kappa shape index (κ3) is 2.47. The Hall–Kier alpha value is -2.63. The molecule has 3 rings (SSSR count). The largest absolute Gasteiger partial charge is 0.545 e. The van der Waals surface area contributed by atoms with Crippen LogP contribution in [0.5, 0.6) is 0 Å². The first kappa shape index (κ1) is 14.3. The van der Waals surface area contributed by atoms with Crippen molar-refractivity contribution in [3.05, 3.63) is 46.3 Å². The molecule has 114 valence electrons. The van der Waals surface area contributed by atoms with Gasteiger partial charge >= 0.3 is 0 Å². The molecule has 0 fully saturated rings. The first-order valence-corrected chi connectivity index (χ1v) is 7.17. The molecule has 0 radical (unpaired) electrons. The molecule has 0 saturated carbocycles. The maximum absolute atomic E-state index is 12.4. The van der Waals surface area contributed by atoms with Gasteiger partial charge in [0.1, 0.15) is 0 Å². The lowest BCUT2D eigenvalue weighted by Gasteiger charge is -2.13. The van der Waals surface area contributed by atoms with Crippen molar-refractivity contribution in [3.8, 4) is 0 Å². The Balaban J connectivity index is 1.88. The number of carbonyl (C=O) groups is 2. The number of hydrogen-bond donors (Lipinski definition) is 1. The zero-order chi connectivity index (χ0) is 15.7. The van der Waals surface area contributed by atoms with Crippen LogP contribution in [0.4, 0.5) is 5.69 Å². The second-order valence-corrected chi connectivity index (χ2v) is 5.36. The Kier molecular flexibility index (Phi) is 3.66. The highest BCUT2D eigenvalue weighted by atomic mass is 16.5. The van der Waals surface area contributed by atoms with Gasteiger partial charge < -0.3 is 19.7 Å². The van der Waals surface area contributed by atoms with Crippen LogP contribution in [0.25, 0.3) is 0 Å². The van der Waals surface area contributed by atoms with Gasteiger partial charge in [-0.2, -0.15) is 0 Å². The highest BCUT2D eigenvalue weighted by molar-refractivity contribution is 6.04. The molecular formula is C16H15N2O4-. The summed E-state index contributed by atoms with van der Waals surface area (Å²) < 4.78 is 5.18. The number of aromatic nitrogens is 1. The number of amides is 1. The standard InChI is InChI=1S/C16H16N2O4/c1-9-10(16(20)21)6-4-8-12(9)17-15(19)14-11-5-2-3-7-13(11)18-22-14/h4,6,8H,2-3,5,7H2,1H3,(H,17,19)(H,20,21)/p-1. The molecule has 1 aromatic carbocycles. The van der Waals surface area contributed by atoms with E-state index in [4.69, 9.17) is 4.52 Å².